The van der Waals surface area contributed by atoms with E-state index in [-0.39, 0.29) is 11.1 Å². The number of carboxylic acid groups (broad SMARTS) is 2. The molecule has 0 amide bonds. The largest absolute Gasteiger partial charge is 0.478 e. The van der Waals surface area contributed by atoms with Crippen LogP contribution in [0.15, 0.2) is 243 Å². The third-order valence-corrected chi connectivity index (χ3v) is 14.5. The number of carbonyl (C=O) groups is 2. The Kier molecular flexibility index (Phi) is 10.2. The van der Waals surface area contributed by atoms with Gasteiger partial charge in [-0.1, -0.05) is 158 Å². The second-order valence-electron chi connectivity index (χ2n) is 18.6. The lowest BCUT2D eigenvalue weighted by atomic mass is 9.67. The molecule has 0 saturated heterocycles. The van der Waals surface area contributed by atoms with Crippen molar-refractivity contribution in [2.45, 2.75) is 5.41 Å². The van der Waals surface area contributed by atoms with Gasteiger partial charge in [-0.2, -0.15) is 0 Å². The number of rotatable bonds is 10. The standard InChI is InChI=1S/C67H42O6/c68-65(69)43-21-29-53(30-22-43)72-61-35-25-47-39-51(27-33-55(47)63(61)49-19-17-41-9-1-3-11-45(41)37-49)67(59-15-7-5-13-57(59)58-14-6-8-16-60(58)67)52-28-34-56-48(40-52)26-36-62(73-54-31-23-44(24-32-54)66(70)71)64(56)50-20-18-42-10-2-4-12-46(42)38-50/h1-40H,(H,68,69)(H,70,71). The zero-order valence-corrected chi connectivity index (χ0v) is 39.1. The van der Waals surface area contributed by atoms with Crippen LogP contribution in [0.3, 0.4) is 0 Å². The maximum Gasteiger partial charge on any atom is 0.335 e. The third kappa shape index (κ3) is 7.27. The molecule has 0 heterocycles. The van der Waals surface area contributed by atoms with Crippen molar-refractivity contribution < 1.29 is 29.3 Å². The van der Waals surface area contributed by atoms with Gasteiger partial charge in [0.05, 0.1) is 16.5 Å². The quantitative estimate of drug-likeness (QED) is 0.142. The number of benzene rings is 12. The van der Waals surface area contributed by atoms with Gasteiger partial charge in [-0.25, -0.2) is 9.59 Å². The van der Waals surface area contributed by atoms with Gasteiger partial charge in [0.1, 0.15) is 23.0 Å². The molecule has 0 bridgehead atoms. The molecule has 13 rings (SSSR count). The van der Waals surface area contributed by atoms with Crippen LogP contribution < -0.4 is 9.47 Å². The first-order valence-corrected chi connectivity index (χ1v) is 24.1. The van der Waals surface area contributed by atoms with Gasteiger partial charge in [-0.05, 0) is 173 Å². The summed E-state index contributed by atoms with van der Waals surface area (Å²) in [5.74, 6) is 0.396. The highest BCUT2D eigenvalue weighted by atomic mass is 16.5. The lowest BCUT2D eigenvalue weighted by molar-refractivity contribution is 0.0686. The molecule has 12 aromatic rings. The van der Waals surface area contributed by atoms with Crippen molar-refractivity contribution in [2.24, 2.45) is 0 Å². The van der Waals surface area contributed by atoms with Crippen LogP contribution in [0.5, 0.6) is 23.0 Å². The van der Waals surface area contributed by atoms with Crippen LogP contribution in [0.4, 0.5) is 0 Å². The molecule has 0 aliphatic heterocycles. The molecule has 73 heavy (non-hydrogen) atoms. The number of fused-ring (bicyclic) bond motifs is 7. The maximum absolute atomic E-state index is 11.7. The van der Waals surface area contributed by atoms with E-state index in [4.69, 9.17) is 9.47 Å². The first-order chi connectivity index (χ1) is 35.8. The Balaban J connectivity index is 1.02. The topological polar surface area (TPSA) is 93.1 Å². The molecule has 0 radical (unpaired) electrons. The molecule has 6 nitrogen and oxygen atoms in total. The zero-order valence-electron chi connectivity index (χ0n) is 39.1. The van der Waals surface area contributed by atoms with E-state index in [1.807, 2.05) is 36.4 Å². The van der Waals surface area contributed by atoms with Crippen LogP contribution in [-0.2, 0) is 5.41 Å². The average Bonchev–Trinajstić information content (AvgIpc) is 3.74. The minimum Gasteiger partial charge on any atom is -0.478 e. The summed E-state index contributed by atoms with van der Waals surface area (Å²) in [6.07, 6.45) is 0. The highest BCUT2D eigenvalue weighted by Crippen LogP contribution is 2.57. The summed E-state index contributed by atoms with van der Waals surface area (Å²) in [7, 11) is 0. The molecule has 346 valence electrons. The van der Waals surface area contributed by atoms with Crippen LogP contribution in [0.1, 0.15) is 43.0 Å². The van der Waals surface area contributed by atoms with Crippen molar-refractivity contribution in [2.75, 3.05) is 0 Å². The predicted molar refractivity (Wildman–Crippen MR) is 292 cm³/mol. The molecular weight excluding hydrogens is 901 g/mol. The molecule has 0 fully saturated rings. The van der Waals surface area contributed by atoms with Crippen LogP contribution >= 0.6 is 0 Å². The summed E-state index contributed by atoms with van der Waals surface area (Å²) >= 11 is 0. The normalized spacial score (nSPS) is 12.4. The second kappa shape index (κ2) is 17.3. The van der Waals surface area contributed by atoms with Crippen LogP contribution in [0.25, 0.3) is 76.5 Å². The van der Waals surface area contributed by atoms with Gasteiger partial charge in [0, 0.05) is 11.1 Å². The Hall–Kier alpha value is -9.78. The first-order valence-electron chi connectivity index (χ1n) is 24.1. The van der Waals surface area contributed by atoms with Crippen molar-refractivity contribution in [1.29, 1.82) is 0 Å². The van der Waals surface area contributed by atoms with E-state index < -0.39 is 17.4 Å². The third-order valence-electron chi connectivity index (χ3n) is 14.5. The summed E-state index contributed by atoms with van der Waals surface area (Å²) in [4.78, 5) is 23.5. The Morgan fingerprint density at radius 2 is 0.726 bits per heavy atom. The van der Waals surface area contributed by atoms with E-state index in [2.05, 4.69) is 158 Å². The van der Waals surface area contributed by atoms with E-state index in [1.54, 1.807) is 48.5 Å². The summed E-state index contributed by atoms with van der Waals surface area (Å²) in [6.45, 7) is 0. The van der Waals surface area contributed by atoms with E-state index in [1.165, 1.54) is 22.3 Å². The molecule has 6 heteroatoms. The lowest BCUT2D eigenvalue weighted by Crippen LogP contribution is -2.28. The molecule has 0 unspecified atom stereocenters. The Labute approximate surface area is 420 Å². The highest BCUT2D eigenvalue weighted by Gasteiger charge is 2.46. The molecule has 0 atom stereocenters. The molecule has 0 saturated carbocycles. The second-order valence-corrected chi connectivity index (χ2v) is 18.6. The van der Waals surface area contributed by atoms with Gasteiger partial charge in [-0.3, -0.25) is 0 Å². The van der Waals surface area contributed by atoms with Gasteiger partial charge in [-0.15, -0.1) is 0 Å². The smallest absolute Gasteiger partial charge is 0.335 e. The van der Waals surface area contributed by atoms with E-state index in [0.717, 1.165) is 76.5 Å². The van der Waals surface area contributed by atoms with E-state index in [9.17, 15) is 19.8 Å². The minimum absolute atomic E-state index is 0.190. The van der Waals surface area contributed by atoms with E-state index in [0.29, 0.717) is 23.0 Å². The molecule has 1 aliphatic rings. The fraction of sp³-hybridized carbons (Fsp3) is 0.0149. The van der Waals surface area contributed by atoms with Crippen molar-refractivity contribution in [3.63, 3.8) is 0 Å². The lowest BCUT2D eigenvalue weighted by Gasteiger charge is -2.34. The number of aromatic carboxylic acids is 2. The minimum atomic E-state index is -0.993. The van der Waals surface area contributed by atoms with Gasteiger partial charge >= 0.3 is 11.9 Å². The summed E-state index contributed by atoms with van der Waals surface area (Å²) < 4.78 is 13.3. The molecule has 12 aromatic carbocycles. The summed E-state index contributed by atoms with van der Waals surface area (Å²) in [5.41, 5.74) is 10.5. The van der Waals surface area contributed by atoms with Crippen LogP contribution in [-0.4, -0.2) is 22.2 Å². The molecule has 0 aromatic heterocycles. The zero-order chi connectivity index (χ0) is 49.2. The summed E-state index contributed by atoms with van der Waals surface area (Å²) in [6, 6.07) is 82.1. The Morgan fingerprint density at radius 1 is 0.342 bits per heavy atom. The number of ether oxygens (including phenoxy) is 2. The summed E-state index contributed by atoms with van der Waals surface area (Å²) in [5, 5.41) is 27.8. The maximum atomic E-state index is 11.7. The first kappa shape index (κ1) is 43.3. The van der Waals surface area contributed by atoms with Gasteiger partial charge in [0.15, 0.2) is 0 Å². The average molecular weight is 943 g/mol. The molecule has 2 N–H and O–H groups in total. The van der Waals surface area contributed by atoms with Crippen molar-refractivity contribution in [3.05, 3.63) is 276 Å². The Bertz CT molecular complexity index is 3940. The van der Waals surface area contributed by atoms with Crippen LogP contribution in [0, 0.1) is 0 Å². The number of hydrogen-bond acceptors (Lipinski definition) is 4. The SMILES string of the molecule is O=C(O)c1ccc(Oc2ccc3cc(C4(c5ccc6c(-c7ccc8ccccc8c7)c(Oc7ccc(C(=O)O)cc7)ccc6c5)c5ccccc5-c5ccccc54)ccc3c2-c2ccc3ccccc3c2)cc1. The van der Waals surface area contributed by atoms with Crippen molar-refractivity contribution in [3.8, 4) is 56.4 Å². The number of carboxylic acids is 2. The van der Waals surface area contributed by atoms with E-state index >= 15 is 0 Å². The molecule has 1 aliphatic carbocycles. The fourth-order valence-corrected chi connectivity index (χ4v) is 11.2. The number of hydrogen-bond donors (Lipinski definition) is 2. The van der Waals surface area contributed by atoms with Gasteiger partial charge in [0.25, 0.3) is 0 Å². The predicted octanol–water partition coefficient (Wildman–Crippen LogP) is 17.0. The van der Waals surface area contributed by atoms with Crippen LogP contribution in [0.2, 0.25) is 0 Å². The van der Waals surface area contributed by atoms with Gasteiger partial charge < -0.3 is 19.7 Å². The molecule has 0 spiro atoms. The van der Waals surface area contributed by atoms with Crippen molar-refractivity contribution in [1.82, 2.24) is 0 Å². The monoisotopic (exact) mass is 942 g/mol. The van der Waals surface area contributed by atoms with Crippen molar-refractivity contribution >= 4 is 55.0 Å². The van der Waals surface area contributed by atoms with Gasteiger partial charge in [0.2, 0.25) is 0 Å². The highest BCUT2D eigenvalue weighted by molar-refractivity contribution is 6.05. The fourth-order valence-electron chi connectivity index (χ4n) is 11.2. The Morgan fingerprint density at radius 3 is 1.15 bits per heavy atom. The molecular formula is C67H42O6.